The van der Waals surface area contributed by atoms with Crippen molar-refractivity contribution in [3.8, 4) is 0 Å². The summed E-state index contributed by atoms with van der Waals surface area (Å²) in [5.41, 5.74) is -0.00300. The molecule has 0 unspecified atom stereocenters. The van der Waals surface area contributed by atoms with Crippen molar-refractivity contribution >= 4 is 34.5 Å². The molecule has 0 atom stereocenters. The molecule has 88 valence electrons. The Labute approximate surface area is 97.7 Å². The number of nitro groups is 1. The molecule has 17 heavy (non-hydrogen) atoms. The van der Waals surface area contributed by atoms with Crippen LogP contribution in [0.5, 0.6) is 0 Å². The van der Waals surface area contributed by atoms with Crippen LogP contribution in [0, 0.1) is 10.1 Å². The van der Waals surface area contributed by atoms with E-state index in [1.807, 2.05) is 0 Å². The van der Waals surface area contributed by atoms with Gasteiger partial charge in [0.1, 0.15) is 5.52 Å². The number of carboxylic acids is 1. The van der Waals surface area contributed by atoms with E-state index in [0.717, 1.165) is 11.8 Å². The normalized spacial score (nSPS) is 10.6. The molecule has 0 aliphatic rings. The first-order valence-corrected chi connectivity index (χ1v) is 5.32. The molecule has 0 aliphatic heterocycles. The zero-order valence-corrected chi connectivity index (χ0v) is 9.01. The molecule has 0 fully saturated rings. The molecule has 8 nitrogen and oxygen atoms in total. The standard InChI is InChI=1S/C8H5N3O5S/c12-6(13)3-17-5-2-1-4-7(10-16-9-4)8(5)11(14)15/h1-2H,3H2,(H,12,13). The summed E-state index contributed by atoms with van der Waals surface area (Å²) in [5, 5.41) is 26.4. The van der Waals surface area contributed by atoms with Crippen molar-refractivity contribution in [2.75, 3.05) is 5.75 Å². The monoisotopic (exact) mass is 255 g/mol. The Balaban J connectivity index is 2.50. The summed E-state index contributed by atoms with van der Waals surface area (Å²) in [7, 11) is 0. The van der Waals surface area contributed by atoms with Crippen LogP contribution in [0.3, 0.4) is 0 Å². The Hall–Kier alpha value is -2.16. The van der Waals surface area contributed by atoms with Gasteiger partial charge in [0.15, 0.2) is 0 Å². The molecule has 0 amide bonds. The molecule has 0 saturated carbocycles. The number of thioether (sulfide) groups is 1. The van der Waals surface area contributed by atoms with E-state index in [0.29, 0.717) is 0 Å². The Morgan fingerprint density at radius 2 is 2.29 bits per heavy atom. The molecule has 2 rings (SSSR count). The number of hydrogen-bond acceptors (Lipinski definition) is 7. The smallest absolute Gasteiger partial charge is 0.314 e. The Kier molecular flexibility index (Phi) is 2.91. The van der Waals surface area contributed by atoms with E-state index in [1.165, 1.54) is 12.1 Å². The minimum absolute atomic E-state index is 0.0189. The van der Waals surface area contributed by atoms with E-state index in [4.69, 9.17) is 5.11 Å². The fourth-order valence-electron chi connectivity index (χ4n) is 1.25. The maximum Gasteiger partial charge on any atom is 0.314 e. The van der Waals surface area contributed by atoms with E-state index in [-0.39, 0.29) is 27.4 Å². The largest absolute Gasteiger partial charge is 0.481 e. The zero-order valence-electron chi connectivity index (χ0n) is 8.19. The van der Waals surface area contributed by atoms with Crippen LogP contribution in [0.2, 0.25) is 0 Å². The van der Waals surface area contributed by atoms with Gasteiger partial charge >= 0.3 is 11.7 Å². The zero-order chi connectivity index (χ0) is 12.4. The molecule has 1 heterocycles. The summed E-state index contributed by atoms with van der Waals surface area (Å²) in [6.45, 7) is 0. The number of carboxylic acid groups (broad SMARTS) is 1. The number of hydrogen-bond donors (Lipinski definition) is 1. The fraction of sp³-hybridized carbons (Fsp3) is 0.125. The fourth-order valence-corrected chi connectivity index (χ4v) is 2.00. The van der Waals surface area contributed by atoms with Gasteiger partial charge in [0.25, 0.3) is 0 Å². The molecule has 0 aliphatic carbocycles. The summed E-state index contributed by atoms with van der Waals surface area (Å²) in [4.78, 5) is 20.9. The van der Waals surface area contributed by atoms with E-state index >= 15 is 0 Å². The summed E-state index contributed by atoms with van der Waals surface area (Å²) in [6.07, 6.45) is 0. The predicted molar refractivity (Wildman–Crippen MR) is 56.8 cm³/mol. The number of rotatable bonds is 4. The van der Waals surface area contributed by atoms with Gasteiger partial charge < -0.3 is 5.11 Å². The van der Waals surface area contributed by atoms with Crippen molar-refractivity contribution in [2.45, 2.75) is 4.90 Å². The third-order valence-electron chi connectivity index (χ3n) is 1.90. The number of aromatic nitrogens is 2. The molecule has 1 aromatic heterocycles. The van der Waals surface area contributed by atoms with Gasteiger partial charge in [-0.05, 0) is 22.4 Å². The van der Waals surface area contributed by atoms with Crippen LogP contribution in [0.4, 0.5) is 5.69 Å². The SMILES string of the molecule is O=C(O)CSc1ccc2nonc2c1[N+](=O)[O-]. The van der Waals surface area contributed by atoms with Crippen molar-refractivity contribution < 1.29 is 19.5 Å². The Morgan fingerprint density at radius 3 is 2.94 bits per heavy atom. The van der Waals surface area contributed by atoms with Crippen molar-refractivity contribution in [2.24, 2.45) is 0 Å². The van der Waals surface area contributed by atoms with Crippen LogP contribution in [0.15, 0.2) is 21.7 Å². The van der Waals surface area contributed by atoms with E-state index in [9.17, 15) is 14.9 Å². The minimum Gasteiger partial charge on any atom is -0.481 e. The maximum atomic E-state index is 10.9. The second-order valence-electron chi connectivity index (χ2n) is 2.98. The molecular formula is C8H5N3O5S. The lowest BCUT2D eigenvalue weighted by molar-refractivity contribution is -0.386. The number of nitrogens with zero attached hydrogens (tertiary/aromatic N) is 3. The summed E-state index contributed by atoms with van der Waals surface area (Å²) in [5.74, 6) is -1.32. The summed E-state index contributed by atoms with van der Waals surface area (Å²) < 4.78 is 4.41. The summed E-state index contributed by atoms with van der Waals surface area (Å²) >= 11 is 0.851. The van der Waals surface area contributed by atoms with Crippen molar-refractivity contribution in [3.63, 3.8) is 0 Å². The van der Waals surface area contributed by atoms with Gasteiger partial charge in [0.05, 0.1) is 15.6 Å². The number of aliphatic carboxylic acids is 1. The highest BCUT2D eigenvalue weighted by Gasteiger charge is 2.23. The van der Waals surface area contributed by atoms with Crippen molar-refractivity contribution in [3.05, 3.63) is 22.2 Å². The molecule has 0 saturated heterocycles. The van der Waals surface area contributed by atoms with E-state index in [1.54, 1.807) is 0 Å². The lowest BCUT2D eigenvalue weighted by atomic mass is 10.3. The Bertz CT molecular complexity index is 596. The lowest BCUT2D eigenvalue weighted by Crippen LogP contribution is -1.99. The quantitative estimate of drug-likeness (QED) is 0.493. The number of fused-ring (bicyclic) bond motifs is 1. The van der Waals surface area contributed by atoms with Crippen molar-refractivity contribution in [1.82, 2.24) is 10.3 Å². The van der Waals surface area contributed by atoms with Crippen LogP contribution in [-0.2, 0) is 4.79 Å². The first-order chi connectivity index (χ1) is 8.09. The topological polar surface area (TPSA) is 119 Å². The minimum atomic E-state index is -1.05. The molecule has 1 aromatic carbocycles. The van der Waals surface area contributed by atoms with Gasteiger partial charge in [-0.1, -0.05) is 0 Å². The molecule has 0 radical (unpaired) electrons. The number of benzene rings is 1. The van der Waals surface area contributed by atoms with Gasteiger partial charge in [0, 0.05) is 0 Å². The first-order valence-electron chi connectivity index (χ1n) is 4.34. The average Bonchev–Trinajstić information content (AvgIpc) is 2.72. The van der Waals surface area contributed by atoms with E-state index < -0.39 is 10.9 Å². The molecule has 9 heteroatoms. The Morgan fingerprint density at radius 1 is 1.53 bits per heavy atom. The van der Waals surface area contributed by atoms with Gasteiger partial charge in [-0.2, -0.15) is 0 Å². The van der Waals surface area contributed by atoms with Crippen LogP contribution in [-0.4, -0.2) is 32.1 Å². The highest BCUT2D eigenvalue weighted by molar-refractivity contribution is 8.00. The van der Waals surface area contributed by atoms with Gasteiger partial charge in [0.2, 0.25) is 5.52 Å². The van der Waals surface area contributed by atoms with Crippen LogP contribution in [0.1, 0.15) is 0 Å². The number of nitro benzene ring substituents is 1. The number of carbonyl (C=O) groups is 1. The second kappa shape index (κ2) is 4.37. The molecule has 2 aromatic rings. The highest BCUT2D eigenvalue weighted by atomic mass is 32.2. The third-order valence-corrected chi connectivity index (χ3v) is 2.93. The predicted octanol–water partition coefficient (Wildman–Crippen LogP) is 1.31. The highest BCUT2D eigenvalue weighted by Crippen LogP contribution is 2.34. The van der Waals surface area contributed by atoms with Crippen LogP contribution < -0.4 is 0 Å². The van der Waals surface area contributed by atoms with Crippen LogP contribution >= 0.6 is 11.8 Å². The molecule has 0 spiro atoms. The van der Waals surface area contributed by atoms with Crippen molar-refractivity contribution in [1.29, 1.82) is 0 Å². The van der Waals surface area contributed by atoms with Gasteiger partial charge in [-0.15, -0.1) is 11.8 Å². The lowest BCUT2D eigenvalue weighted by Gasteiger charge is -1.99. The molecule has 0 bridgehead atoms. The van der Waals surface area contributed by atoms with Crippen LogP contribution in [0.25, 0.3) is 11.0 Å². The first kappa shape index (κ1) is 11.3. The molecular weight excluding hydrogens is 250 g/mol. The molecule has 1 N–H and O–H groups in total. The van der Waals surface area contributed by atoms with Gasteiger partial charge in [-0.25, -0.2) is 4.63 Å². The third kappa shape index (κ3) is 2.18. The summed E-state index contributed by atoms with van der Waals surface area (Å²) in [6, 6.07) is 2.92. The van der Waals surface area contributed by atoms with Gasteiger partial charge in [-0.3, -0.25) is 14.9 Å². The maximum absolute atomic E-state index is 10.9. The second-order valence-corrected chi connectivity index (χ2v) is 4.00. The average molecular weight is 255 g/mol. The van der Waals surface area contributed by atoms with E-state index in [2.05, 4.69) is 14.9 Å².